The third-order valence-electron chi connectivity index (χ3n) is 2.18. The third-order valence-corrected chi connectivity index (χ3v) is 2.18. The minimum absolute atomic E-state index is 0. The van der Waals surface area contributed by atoms with Gasteiger partial charge in [0.05, 0.1) is 6.54 Å². The summed E-state index contributed by atoms with van der Waals surface area (Å²) in [6.45, 7) is 6.72. The zero-order chi connectivity index (χ0) is 13.5. The van der Waals surface area contributed by atoms with E-state index in [0.29, 0.717) is 12.5 Å². The fourth-order valence-electron chi connectivity index (χ4n) is 1.42. The van der Waals surface area contributed by atoms with Gasteiger partial charge in [0.1, 0.15) is 11.6 Å². The standard InChI is InChI=1S/C13H19F2N3.HI/c1-4-16-13(18-9(2)3)17-8-10-7-11(14)5-6-12(10)15;/h5-7,9H,4,8H2,1-3H3,(H2,16,17,18);1H. The summed E-state index contributed by atoms with van der Waals surface area (Å²) >= 11 is 0. The Kier molecular flexibility index (Phi) is 8.62. The highest BCUT2D eigenvalue weighted by atomic mass is 127. The van der Waals surface area contributed by atoms with Gasteiger partial charge in [-0.2, -0.15) is 0 Å². The van der Waals surface area contributed by atoms with E-state index in [9.17, 15) is 8.78 Å². The Hall–Kier alpha value is -0.920. The first-order valence-electron chi connectivity index (χ1n) is 6.01. The van der Waals surface area contributed by atoms with E-state index in [2.05, 4.69) is 15.6 Å². The number of aliphatic imine (C=N–C) groups is 1. The van der Waals surface area contributed by atoms with Crippen molar-refractivity contribution in [2.24, 2.45) is 4.99 Å². The highest BCUT2D eigenvalue weighted by Crippen LogP contribution is 2.10. The maximum Gasteiger partial charge on any atom is 0.191 e. The van der Waals surface area contributed by atoms with E-state index in [4.69, 9.17) is 0 Å². The SMILES string of the molecule is CCNC(=NCc1cc(F)ccc1F)NC(C)C.I. The van der Waals surface area contributed by atoms with Gasteiger partial charge in [0.15, 0.2) is 5.96 Å². The first-order chi connectivity index (χ1) is 8.52. The van der Waals surface area contributed by atoms with Crippen LogP contribution < -0.4 is 10.6 Å². The topological polar surface area (TPSA) is 36.4 Å². The van der Waals surface area contributed by atoms with Gasteiger partial charge in [-0.25, -0.2) is 13.8 Å². The maximum absolute atomic E-state index is 13.4. The van der Waals surface area contributed by atoms with Crippen molar-refractivity contribution < 1.29 is 8.78 Å². The molecule has 0 heterocycles. The molecule has 0 fully saturated rings. The van der Waals surface area contributed by atoms with Crippen LogP contribution in [0, 0.1) is 11.6 Å². The highest BCUT2D eigenvalue weighted by Gasteiger charge is 2.04. The van der Waals surface area contributed by atoms with Crippen LogP contribution in [0.4, 0.5) is 8.78 Å². The summed E-state index contributed by atoms with van der Waals surface area (Å²) in [7, 11) is 0. The number of nitrogens with zero attached hydrogens (tertiary/aromatic N) is 1. The van der Waals surface area contributed by atoms with Crippen molar-refractivity contribution in [2.45, 2.75) is 33.4 Å². The lowest BCUT2D eigenvalue weighted by molar-refractivity contribution is 0.585. The first-order valence-corrected chi connectivity index (χ1v) is 6.01. The van der Waals surface area contributed by atoms with Gasteiger partial charge < -0.3 is 10.6 Å². The molecule has 0 aliphatic rings. The molecule has 0 bridgehead atoms. The third kappa shape index (κ3) is 6.70. The monoisotopic (exact) mass is 383 g/mol. The quantitative estimate of drug-likeness (QED) is 0.477. The Balaban J connectivity index is 0.00000324. The van der Waals surface area contributed by atoms with Gasteiger partial charge in [-0.3, -0.25) is 0 Å². The molecule has 2 N–H and O–H groups in total. The summed E-state index contributed by atoms with van der Waals surface area (Å²) in [5, 5.41) is 6.15. The van der Waals surface area contributed by atoms with Crippen molar-refractivity contribution in [3.8, 4) is 0 Å². The van der Waals surface area contributed by atoms with Crippen LogP contribution in [0.1, 0.15) is 26.3 Å². The lowest BCUT2D eigenvalue weighted by atomic mass is 10.2. The first kappa shape index (κ1) is 18.1. The number of halogens is 3. The summed E-state index contributed by atoms with van der Waals surface area (Å²) in [6, 6.07) is 3.60. The second-order valence-corrected chi connectivity index (χ2v) is 4.23. The van der Waals surface area contributed by atoms with Crippen LogP contribution in [0.5, 0.6) is 0 Å². The predicted molar refractivity (Wildman–Crippen MR) is 84.9 cm³/mol. The molecule has 6 heteroatoms. The Labute approximate surface area is 129 Å². The largest absolute Gasteiger partial charge is 0.357 e. The van der Waals surface area contributed by atoms with Gasteiger partial charge in [-0.05, 0) is 39.0 Å². The van der Waals surface area contributed by atoms with Crippen molar-refractivity contribution in [1.29, 1.82) is 0 Å². The van der Waals surface area contributed by atoms with Gasteiger partial charge in [0.2, 0.25) is 0 Å². The summed E-state index contributed by atoms with van der Waals surface area (Å²) < 4.78 is 26.4. The molecular weight excluding hydrogens is 363 g/mol. The van der Waals surface area contributed by atoms with Crippen molar-refractivity contribution in [1.82, 2.24) is 10.6 Å². The molecule has 0 radical (unpaired) electrons. The number of hydrogen-bond donors (Lipinski definition) is 2. The molecular formula is C13H20F2IN3. The number of benzene rings is 1. The summed E-state index contributed by atoms with van der Waals surface area (Å²) in [6.07, 6.45) is 0. The normalized spacial score (nSPS) is 11.2. The Bertz CT molecular complexity index is 422. The molecule has 0 aliphatic carbocycles. The Morgan fingerprint density at radius 1 is 1.32 bits per heavy atom. The van der Waals surface area contributed by atoms with Crippen LogP contribution in [0.3, 0.4) is 0 Å². The van der Waals surface area contributed by atoms with Gasteiger partial charge in [0.25, 0.3) is 0 Å². The smallest absolute Gasteiger partial charge is 0.191 e. The zero-order valence-corrected chi connectivity index (χ0v) is 13.7. The van der Waals surface area contributed by atoms with E-state index in [0.717, 1.165) is 18.2 Å². The second kappa shape index (κ2) is 9.06. The molecule has 0 spiro atoms. The molecule has 108 valence electrons. The van der Waals surface area contributed by atoms with Gasteiger partial charge in [-0.1, -0.05) is 0 Å². The van der Waals surface area contributed by atoms with E-state index in [1.807, 2.05) is 20.8 Å². The van der Waals surface area contributed by atoms with E-state index < -0.39 is 11.6 Å². The number of nitrogens with one attached hydrogen (secondary N) is 2. The lowest BCUT2D eigenvalue weighted by Crippen LogP contribution is -2.41. The molecule has 0 aromatic heterocycles. The molecule has 0 saturated heterocycles. The number of guanidine groups is 1. The van der Waals surface area contributed by atoms with E-state index in [-0.39, 0.29) is 42.1 Å². The maximum atomic E-state index is 13.4. The van der Waals surface area contributed by atoms with Crippen molar-refractivity contribution in [3.05, 3.63) is 35.4 Å². The minimum atomic E-state index is -0.455. The van der Waals surface area contributed by atoms with Crippen LogP contribution >= 0.6 is 24.0 Å². The van der Waals surface area contributed by atoms with E-state index in [1.165, 1.54) is 0 Å². The van der Waals surface area contributed by atoms with Crippen molar-refractivity contribution >= 4 is 29.9 Å². The van der Waals surface area contributed by atoms with E-state index >= 15 is 0 Å². The summed E-state index contributed by atoms with van der Waals surface area (Å²) in [5.74, 6) is -0.305. The second-order valence-electron chi connectivity index (χ2n) is 4.23. The molecule has 0 unspecified atom stereocenters. The fourth-order valence-corrected chi connectivity index (χ4v) is 1.42. The minimum Gasteiger partial charge on any atom is -0.357 e. The molecule has 0 aliphatic heterocycles. The zero-order valence-electron chi connectivity index (χ0n) is 11.3. The number of hydrogen-bond acceptors (Lipinski definition) is 1. The van der Waals surface area contributed by atoms with Crippen molar-refractivity contribution in [3.63, 3.8) is 0 Å². The lowest BCUT2D eigenvalue weighted by Gasteiger charge is -2.14. The van der Waals surface area contributed by atoms with Gasteiger partial charge in [0, 0.05) is 18.2 Å². The molecule has 1 aromatic carbocycles. The van der Waals surface area contributed by atoms with E-state index in [1.54, 1.807) is 0 Å². The molecule has 0 amide bonds. The van der Waals surface area contributed by atoms with Gasteiger partial charge in [-0.15, -0.1) is 24.0 Å². The van der Waals surface area contributed by atoms with Crippen LogP contribution in [0.2, 0.25) is 0 Å². The molecule has 0 atom stereocenters. The molecule has 1 aromatic rings. The van der Waals surface area contributed by atoms with Crippen LogP contribution in [-0.4, -0.2) is 18.5 Å². The highest BCUT2D eigenvalue weighted by molar-refractivity contribution is 14.0. The summed E-state index contributed by atoms with van der Waals surface area (Å²) in [5.41, 5.74) is 0.246. The Morgan fingerprint density at radius 3 is 2.58 bits per heavy atom. The van der Waals surface area contributed by atoms with Gasteiger partial charge >= 0.3 is 0 Å². The predicted octanol–water partition coefficient (Wildman–Crippen LogP) is 3.05. The molecule has 1 rings (SSSR count). The number of rotatable bonds is 4. The fraction of sp³-hybridized carbons (Fsp3) is 0.462. The van der Waals surface area contributed by atoms with Crippen LogP contribution in [-0.2, 0) is 6.54 Å². The van der Waals surface area contributed by atoms with Crippen LogP contribution in [0.15, 0.2) is 23.2 Å². The average molecular weight is 383 g/mol. The molecule has 0 saturated carbocycles. The van der Waals surface area contributed by atoms with Crippen molar-refractivity contribution in [2.75, 3.05) is 6.54 Å². The summed E-state index contributed by atoms with van der Waals surface area (Å²) in [4.78, 5) is 4.21. The van der Waals surface area contributed by atoms with Crippen LogP contribution in [0.25, 0.3) is 0 Å². The average Bonchev–Trinajstić information content (AvgIpc) is 2.29. The Morgan fingerprint density at radius 2 is 2.00 bits per heavy atom. The molecule has 3 nitrogen and oxygen atoms in total. The molecule has 19 heavy (non-hydrogen) atoms.